The van der Waals surface area contributed by atoms with E-state index in [0.29, 0.717) is 5.92 Å². The lowest BCUT2D eigenvalue weighted by Gasteiger charge is -2.07. The largest absolute Gasteiger partial charge is 0.399 e. The summed E-state index contributed by atoms with van der Waals surface area (Å²) in [5.41, 5.74) is 10.4. The first kappa shape index (κ1) is 11.7. The Labute approximate surface area is 103 Å². The molecule has 0 atom stereocenters. The standard InChI is InChI=1S/C16H19N/c1-12(2)10-13-6-8-14(9-7-13)15-4-3-5-16(17)11-15/h3-9,11-12H,10,17H2,1-2H3. The minimum atomic E-state index is 0.702. The Kier molecular flexibility index (Phi) is 3.48. The first-order valence-electron chi connectivity index (χ1n) is 6.10. The second-order valence-electron chi connectivity index (χ2n) is 4.92. The number of nitrogen functional groups attached to an aromatic ring is 1. The molecule has 0 spiro atoms. The number of benzene rings is 2. The van der Waals surface area contributed by atoms with Crippen LogP contribution in [0, 0.1) is 5.92 Å². The highest BCUT2D eigenvalue weighted by Crippen LogP contribution is 2.22. The van der Waals surface area contributed by atoms with Crippen LogP contribution in [0.1, 0.15) is 19.4 Å². The van der Waals surface area contributed by atoms with E-state index in [1.807, 2.05) is 18.2 Å². The summed E-state index contributed by atoms with van der Waals surface area (Å²) in [7, 11) is 0. The number of hydrogen-bond acceptors (Lipinski definition) is 1. The van der Waals surface area contributed by atoms with Gasteiger partial charge in [-0.25, -0.2) is 0 Å². The molecule has 2 aromatic carbocycles. The van der Waals surface area contributed by atoms with Gasteiger partial charge in [-0.2, -0.15) is 0 Å². The lowest BCUT2D eigenvalue weighted by Crippen LogP contribution is -1.93. The Morgan fingerprint density at radius 1 is 0.941 bits per heavy atom. The van der Waals surface area contributed by atoms with Crippen molar-refractivity contribution in [2.45, 2.75) is 20.3 Å². The van der Waals surface area contributed by atoms with Gasteiger partial charge in [0, 0.05) is 5.69 Å². The third-order valence-electron chi connectivity index (χ3n) is 2.82. The second kappa shape index (κ2) is 5.05. The lowest BCUT2D eigenvalue weighted by atomic mass is 9.99. The maximum absolute atomic E-state index is 5.79. The van der Waals surface area contributed by atoms with Gasteiger partial charge in [0.15, 0.2) is 0 Å². The molecule has 2 N–H and O–H groups in total. The zero-order chi connectivity index (χ0) is 12.3. The Balaban J connectivity index is 2.23. The molecular weight excluding hydrogens is 206 g/mol. The molecular formula is C16H19N. The molecule has 0 aliphatic carbocycles. The fourth-order valence-electron chi connectivity index (χ4n) is 2.02. The Hall–Kier alpha value is -1.76. The molecule has 0 aliphatic rings. The van der Waals surface area contributed by atoms with Crippen molar-refractivity contribution in [2.75, 3.05) is 5.73 Å². The van der Waals surface area contributed by atoms with Crippen molar-refractivity contribution in [1.82, 2.24) is 0 Å². The van der Waals surface area contributed by atoms with Crippen LogP contribution in [0.5, 0.6) is 0 Å². The summed E-state index contributed by atoms with van der Waals surface area (Å²) in [5.74, 6) is 0.702. The van der Waals surface area contributed by atoms with E-state index in [1.54, 1.807) is 0 Å². The van der Waals surface area contributed by atoms with Crippen LogP contribution in [0.4, 0.5) is 5.69 Å². The normalized spacial score (nSPS) is 10.8. The van der Waals surface area contributed by atoms with Crippen LogP contribution < -0.4 is 5.73 Å². The second-order valence-corrected chi connectivity index (χ2v) is 4.92. The summed E-state index contributed by atoms with van der Waals surface area (Å²) < 4.78 is 0. The third-order valence-corrected chi connectivity index (χ3v) is 2.82. The van der Waals surface area contributed by atoms with Crippen LogP contribution in [0.3, 0.4) is 0 Å². The monoisotopic (exact) mass is 225 g/mol. The molecule has 1 nitrogen and oxygen atoms in total. The first-order chi connectivity index (χ1) is 8.15. The van der Waals surface area contributed by atoms with Gasteiger partial charge in [0.25, 0.3) is 0 Å². The number of nitrogens with two attached hydrogens (primary N) is 1. The van der Waals surface area contributed by atoms with Gasteiger partial charge < -0.3 is 5.73 Å². The van der Waals surface area contributed by atoms with Gasteiger partial charge in [-0.1, -0.05) is 50.2 Å². The van der Waals surface area contributed by atoms with Crippen molar-refractivity contribution in [3.63, 3.8) is 0 Å². The van der Waals surface area contributed by atoms with E-state index in [4.69, 9.17) is 5.73 Å². The summed E-state index contributed by atoms with van der Waals surface area (Å²) in [6, 6.07) is 16.8. The zero-order valence-electron chi connectivity index (χ0n) is 10.5. The molecule has 0 fully saturated rings. The number of anilines is 1. The highest BCUT2D eigenvalue weighted by molar-refractivity contribution is 5.67. The van der Waals surface area contributed by atoms with E-state index in [1.165, 1.54) is 16.7 Å². The average Bonchev–Trinajstić information content (AvgIpc) is 2.29. The SMILES string of the molecule is CC(C)Cc1ccc(-c2cccc(N)c2)cc1. The van der Waals surface area contributed by atoms with Crippen LogP contribution in [-0.2, 0) is 6.42 Å². The van der Waals surface area contributed by atoms with Crippen LogP contribution in [0.2, 0.25) is 0 Å². The first-order valence-corrected chi connectivity index (χ1v) is 6.10. The van der Waals surface area contributed by atoms with Crippen molar-refractivity contribution < 1.29 is 0 Å². The molecule has 0 saturated carbocycles. The van der Waals surface area contributed by atoms with Crippen molar-refractivity contribution in [1.29, 1.82) is 0 Å². The fraction of sp³-hybridized carbons (Fsp3) is 0.250. The Morgan fingerprint density at radius 3 is 2.24 bits per heavy atom. The van der Waals surface area contributed by atoms with Crippen LogP contribution >= 0.6 is 0 Å². The predicted octanol–water partition coefficient (Wildman–Crippen LogP) is 4.13. The molecule has 2 rings (SSSR count). The molecule has 2 aromatic rings. The summed E-state index contributed by atoms with van der Waals surface area (Å²) in [5, 5.41) is 0. The molecule has 0 radical (unpaired) electrons. The van der Waals surface area contributed by atoms with Gasteiger partial charge in [0.1, 0.15) is 0 Å². The van der Waals surface area contributed by atoms with E-state index in [9.17, 15) is 0 Å². The minimum absolute atomic E-state index is 0.702. The van der Waals surface area contributed by atoms with Gasteiger partial charge in [-0.15, -0.1) is 0 Å². The Bertz CT molecular complexity index is 483. The minimum Gasteiger partial charge on any atom is -0.399 e. The highest BCUT2D eigenvalue weighted by Gasteiger charge is 2.00. The van der Waals surface area contributed by atoms with E-state index < -0.39 is 0 Å². The van der Waals surface area contributed by atoms with Crippen LogP contribution in [-0.4, -0.2) is 0 Å². The summed E-state index contributed by atoms with van der Waals surface area (Å²) in [6.45, 7) is 4.48. The summed E-state index contributed by atoms with van der Waals surface area (Å²) in [6.07, 6.45) is 1.14. The molecule has 0 unspecified atom stereocenters. The number of rotatable bonds is 3. The van der Waals surface area contributed by atoms with Crippen molar-refractivity contribution in [2.24, 2.45) is 5.92 Å². The Morgan fingerprint density at radius 2 is 1.65 bits per heavy atom. The van der Waals surface area contributed by atoms with Crippen molar-refractivity contribution in [3.05, 3.63) is 54.1 Å². The summed E-state index contributed by atoms with van der Waals surface area (Å²) >= 11 is 0. The molecule has 17 heavy (non-hydrogen) atoms. The molecule has 0 heterocycles. The zero-order valence-corrected chi connectivity index (χ0v) is 10.5. The van der Waals surface area contributed by atoms with Gasteiger partial charge in [-0.05, 0) is 41.2 Å². The van der Waals surface area contributed by atoms with Crippen molar-refractivity contribution in [3.8, 4) is 11.1 Å². The van der Waals surface area contributed by atoms with Crippen LogP contribution in [0.25, 0.3) is 11.1 Å². The van der Waals surface area contributed by atoms with Crippen molar-refractivity contribution >= 4 is 5.69 Å². The molecule has 0 aromatic heterocycles. The van der Waals surface area contributed by atoms with Gasteiger partial charge in [0.2, 0.25) is 0 Å². The smallest absolute Gasteiger partial charge is 0.0320 e. The maximum Gasteiger partial charge on any atom is 0.0320 e. The maximum atomic E-state index is 5.79. The van der Waals surface area contributed by atoms with E-state index in [-0.39, 0.29) is 0 Å². The van der Waals surface area contributed by atoms with Crippen LogP contribution in [0.15, 0.2) is 48.5 Å². The molecule has 1 heteroatoms. The average molecular weight is 225 g/mol. The number of hydrogen-bond donors (Lipinski definition) is 1. The van der Waals surface area contributed by atoms with E-state index in [2.05, 4.69) is 44.2 Å². The quantitative estimate of drug-likeness (QED) is 0.781. The van der Waals surface area contributed by atoms with E-state index >= 15 is 0 Å². The predicted molar refractivity (Wildman–Crippen MR) is 74.8 cm³/mol. The lowest BCUT2D eigenvalue weighted by molar-refractivity contribution is 0.647. The van der Waals surface area contributed by atoms with Gasteiger partial charge >= 0.3 is 0 Å². The molecule has 0 saturated heterocycles. The van der Waals surface area contributed by atoms with Gasteiger partial charge in [-0.3, -0.25) is 0 Å². The molecule has 88 valence electrons. The molecule has 0 aliphatic heterocycles. The molecule has 0 amide bonds. The fourth-order valence-corrected chi connectivity index (χ4v) is 2.02. The topological polar surface area (TPSA) is 26.0 Å². The van der Waals surface area contributed by atoms with E-state index in [0.717, 1.165) is 12.1 Å². The van der Waals surface area contributed by atoms with Gasteiger partial charge in [0.05, 0.1) is 0 Å². The highest BCUT2D eigenvalue weighted by atomic mass is 14.5. The summed E-state index contributed by atoms with van der Waals surface area (Å²) in [4.78, 5) is 0. The molecule has 0 bridgehead atoms. The third kappa shape index (κ3) is 3.10.